The Morgan fingerprint density at radius 1 is 1.28 bits per heavy atom. The van der Waals surface area contributed by atoms with Crippen molar-refractivity contribution in [2.24, 2.45) is 5.92 Å². The maximum Gasteiger partial charge on any atom is 0.0460 e. The first-order valence-electron chi connectivity index (χ1n) is 6.57. The van der Waals surface area contributed by atoms with Crippen molar-refractivity contribution in [2.45, 2.75) is 31.6 Å². The van der Waals surface area contributed by atoms with Gasteiger partial charge in [0.1, 0.15) is 0 Å². The zero-order valence-electron chi connectivity index (χ0n) is 10.6. The lowest BCUT2D eigenvalue weighted by Crippen LogP contribution is -2.31. The lowest BCUT2D eigenvalue weighted by molar-refractivity contribution is 0.343. The van der Waals surface area contributed by atoms with Crippen molar-refractivity contribution in [2.75, 3.05) is 0 Å². The molecule has 0 spiro atoms. The van der Waals surface area contributed by atoms with Gasteiger partial charge in [-0.2, -0.15) is 0 Å². The largest absolute Gasteiger partial charge is 0.358 e. The van der Waals surface area contributed by atoms with E-state index in [-0.39, 0.29) is 5.41 Å². The fourth-order valence-corrected chi connectivity index (χ4v) is 3.96. The summed E-state index contributed by atoms with van der Waals surface area (Å²) in [4.78, 5) is 3.62. The molecule has 18 heavy (non-hydrogen) atoms. The van der Waals surface area contributed by atoms with Gasteiger partial charge in [0.15, 0.2) is 0 Å². The molecule has 4 rings (SSSR count). The lowest BCUT2D eigenvalue weighted by Gasteiger charge is -2.37. The number of nitrogens with one attached hydrogen (secondary N) is 1. The SMILES string of the molecule is CC1(C)c2c([nH]c3ccc(Cl)cc23)[C@H]2C=C[C@@H]1C2. The molecule has 0 saturated heterocycles. The molecule has 0 radical (unpaired) electrons. The summed E-state index contributed by atoms with van der Waals surface area (Å²) >= 11 is 6.17. The lowest BCUT2D eigenvalue weighted by atomic mass is 9.67. The summed E-state index contributed by atoms with van der Waals surface area (Å²) in [5, 5.41) is 2.13. The van der Waals surface area contributed by atoms with E-state index >= 15 is 0 Å². The van der Waals surface area contributed by atoms with Crippen molar-refractivity contribution in [3.8, 4) is 0 Å². The number of hydrogen-bond donors (Lipinski definition) is 1. The van der Waals surface area contributed by atoms with Crippen molar-refractivity contribution in [1.29, 1.82) is 0 Å². The van der Waals surface area contributed by atoms with Gasteiger partial charge in [0, 0.05) is 27.5 Å². The van der Waals surface area contributed by atoms with Crippen LogP contribution in [0, 0.1) is 5.92 Å². The van der Waals surface area contributed by atoms with E-state index in [2.05, 4.69) is 43.1 Å². The Morgan fingerprint density at radius 3 is 2.94 bits per heavy atom. The molecule has 0 aliphatic heterocycles. The van der Waals surface area contributed by atoms with Gasteiger partial charge < -0.3 is 4.98 Å². The van der Waals surface area contributed by atoms with Gasteiger partial charge >= 0.3 is 0 Å². The average Bonchev–Trinajstić information content (AvgIpc) is 2.89. The van der Waals surface area contributed by atoms with Crippen LogP contribution in [0.3, 0.4) is 0 Å². The van der Waals surface area contributed by atoms with Crippen molar-refractivity contribution >= 4 is 22.5 Å². The molecule has 2 aliphatic carbocycles. The summed E-state index contributed by atoms with van der Waals surface area (Å²) in [5.74, 6) is 1.23. The Bertz CT molecular complexity index is 678. The van der Waals surface area contributed by atoms with E-state index in [1.54, 1.807) is 0 Å². The highest BCUT2D eigenvalue weighted by atomic mass is 35.5. The maximum absolute atomic E-state index is 6.17. The average molecular weight is 258 g/mol. The Balaban J connectivity index is 2.12. The summed E-state index contributed by atoms with van der Waals surface area (Å²) in [5.41, 5.74) is 4.30. The second-order valence-corrected chi connectivity index (χ2v) is 6.60. The molecule has 0 amide bonds. The van der Waals surface area contributed by atoms with E-state index in [1.165, 1.54) is 28.6 Å². The van der Waals surface area contributed by atoms with E-state index < -0.39 is 0 Å². The zero-order chi connectivity index (χ0) is 12.5. The number of aromatic amines is 1. The molecular formula is C16H16ClN. The highest BCUT2D eigenvalue weighted by Gasteiger charge is 2.43. The molecule has 1 N–H and O–H groups in total. The van der Waals surface area contributed by atoms with Gasteiger partial charge in [-0.3, -0.25) is 0 Å². The van der Waals surface area contributed by atoms with Crippen LogP contribution in [-0.4, -0.2) is 4.98 Å². The number of benzene rings is 1. The number of allylic oxidation sites excluding steroid dienone is 2. The van der Waals surface area contributed by atoms with Crippen LogP contribution in [0.2, 0.25) is 5.02 Å². The minimum Gasteiger partial charge on any atom is -0.358 e. The number of hydrogen-bond acceptors (Lipinski definition) is 0. The first-order valence-corrected chi connectivity index (χ1v) is 6.95. The van der Waals surface area contributed by atoms with Gasteiger partial charge in [-0.05, 0) is 41.5 Å². The van der Waals surface area contributed by atoms with Gasteiger partial charge in [0.2, 0.25) is 0 Å². The van der Waals surface area contributed by atoms with Crippen molar-refractivity contribution in [1.82, 2.24) is 4.98 Å². The molecule has 2 heteroatoms. The summed E-state index contributed by atoms with van der Waals surface area (Å²) in [6.07, 6.45) is 6.02. The van der Waals surface area contributed by atoms with Crippen LogP contribution in [0.5, 0.6) is 0 Å². The molecule has 1 nitrogen and oxygen atoms in total. The topological polar surface area (TPSA) is 15.8 Å². The van der Waals surface area contributed by atoms with Crippen LogP contribution in [0.4, 0.5) is 0 Å². The molecule has 1 aromatic heterocycles. The smallest absolute Gasteiger partial charge is 0.0460 e. The summed E-state index contributed by atoms with van der Waals surface area (Å²) in [6.45, 7) is 4.72. The first kappa shape index (κ1) is 10.7. The standard InChI is InChI=1S/C16H16ClN/c1-16(2)10-4-3-9(7-10)15-14(16)12-8-11(17)5-6-13(12)18-15/h3-6,8-10,18H,7H2,1-2H3/t9-,10+/m0/s1. The second kappa shape index (κ2) is 3.21. The molecule has 0 saturated carbocycles. The first-order chi connectivity index (χ1) is 8.57. The molecule has 2 aliphatic rings. The number of aromatic nitrogens is 1. The Kier molecular flexibility index (Phi) is 1.91. The van der Waals surface area contributed by atoms with Crippen LogP contribution in [0.25, 0.3) is 10.9 Å². The maximum atomic E-state index is 6.17. The molecule has 92 valence electrons. The highest BCUT2D eigenvalue weighted by molar-refractivity contribution is 6.31. The predicted octanol–water partition coefficient (Wildman–Crippen LogP) is 4.77. The van der Waals surface area contributed by atoms with E-state index in [4.69, 9.17) is 11.6 Å². The van der Waals surface area contributed by atoms with Gasteiger partial charge in [-0.25, -0.2) is 0 Å². The quantitative estimate of drug-likeness (QED) is 0.654. The van der Waals surface area contributed by atoms with Crippen LogP contribution < -0.4 is 0 Å². The third-order valence-corrected chi connectivity index (χ3v) is 5.05. The van der Waals surface area contributed by atoms with E-state index in [9.17, 15) is 0 Å². The van der Waals surface area contributed by atoms with Gasteiger partial charge in [0.05, 0.1) is 0 Å². The van der Waals surface area contributed by atoms with E-state index in [0.717, 1.165) is 5.02 Å². The van der Waals surface area contributed by atoms with Crippen molar-refractivity contribution < 1.29 is 0 Å². The van der Waals surface area contributed by atoms with Crippen molar-refractivity contribution in [3.63, 3.8) is 0 Å². The zero-order valence-corrected chi connectivity index (χ0v) is 11.4. The molecule has 2 bridgehead atoms. The second-order valence-electron chi connectivity index (χ2n) is 6.16. The Hall–Kier alpha value is -1.21. The molecule has 1 aromatic carbocycles. The van der Waals surface area contributed by atoms with Gasteiger partial charge in [0.25, 0.3) is 0 Å². The predicted molar refractivity (Wildman–Crippen MR) is 76.3 cm³/mol. The molecule has 0 fully saturated rings. The number of fused-ring (bicyclic) bond motifs is 6. The highest BCUT2D eigenvalue weighted by Crippen LogP contribution is 2.53. The third kappa shape index (κ3) is 1.18. The number of H-pyrrole nitrogens is 1. The normalized spacial score (nSPS) is 27.7. The van der Waals surface area contributed by atoms with Gasteiger partial charge in [-0.15, -0.1) is 0 Å². The summed E-state index contributed by atoms with van der Waals surface area (Å²) < 4.78 is 0. The molecule has 2 atom stereocenters. The monoisotopic (exact) mass is 257 g/mol. The Morgan fingerprint density at radius 2 is 2.11 bits per heavy atom. The number of halogens is 1. The minimum atomic E-state index is 0.196. The minimum absolute atomic E-state index is 0.196. The third-order valence-electron chi connectivity index (χ3n) is 4.82. The fourth-order valence-electron chi connectivity index (χ4n) is 3.79. The molecular weight excluding hydrogens is 242 g/mol. The Labute approximate surface area is 112 Å². The van der Waals surface area contributed by atoms with Crippen LogP contribution in [-0.2, 0) is 5.41 Å². The number of rotatable bonds is 0. The summed E-state index contributed by atoms with van der Waals surface area (Å²) in [6, 6.07) is 6.18. The van der Waals surface area contributed by atoms with E-state index in [1.807, 2.05) is 6.07 Å². The summed E-state index contributed by atoms with van der Waals surface area (Å²) in [7, 11) is 0. The van der Waals surface area contributed by atoms with Crippen LogP contribution in [0.1, 0.15) is 37.4 Å². The van der Waals surface area contributed by atoms with Crippen LogP contribution >= 0.6 is 11.6 Å². The van der Waals surface area contributed by atoms with Gasteiger partial charge in [-0.1, -0.05) is 37.6 Å². The van der Waals surface area contributed by atoms with E-state index in [0.29, 0.717) is 11.8 Å². The van der Waals surface area contributed by atoms with Crippen molar-refractivity contribution in [3.05, 3.63) is 46.6 Å². The molecule has 0 unspecified atom stereocenters. The molecule has 2 aromatic rings. The fraction of sp³-hybridized carbons (Fsp3) is 0.375. The van der Waals surface area contributed by atoms with Crippen LogP contribution in [0.15, 0.2) is 30.4 Å². The molecule has 1 heterocycles.